The number of nitrogens with zero attached hydrogens (tertiary/aromatic N) is 4. The number of fused-ring (bicyclic) bond motifs is 3. The Bertz CT molecular complexity index is 1370. The monoisotopic (exact) mass is 463 g/mol. The second-order valence-electron chi connectivity index (χ2n) is 8.30. The average Bonchev–Trinajstić information content (AvgIpc) is 3.24. The molecule has 0 aliphatic heterocycles. The first-order valence-electron chi connectivity index (χ1n) is 11.3. The van der Waals surface area contributed by atoms with E-state index in [2.05, 4.69) is 34.6 Å². The Kier molecular flexibility index (Phi) is 6.83. The Balaban J connectivity index is 1.85. The maximum Gasteiger partial charge on any atom is 0.262 e. The molecule has 0 spiro atoms. The Labute approximate surface area is 197 Å². The van der Waals surface area contributed by atoms with Gasteiger partial charge < -0.3 is 5.32 Å². The van der Waals surface area contributed by atoms with Crippen LogP contribution in [0.2, 0.25) is 0 Å². The fourth-order valence-corrected chi connectivity index (χ4v) is 4.78. The summed E-state index contributed by atoms with van der Waals surface area (Å²) < 4.78 is 3.58. The number of hydrogen-bond donors (Lipinski definition) is 1. The van der Waals surface area contributed by atoms with Crippen molar-refractivity contribution >= 4 is 34.3 Å². The van der Waals surface area contributed by atoms with Crippen molar-refractivity contribution in [3.63, 3.8) is 0 Å². The van der Waals surface area contributed by atoms with Crippen molar-refractivity contribution in [1.82, 2.24) is 24.5 Å². The summed E-state index contributed by atoms with van der Waals surface area (Å²) in [5.74, 6) is 1.08. The lowest BCUT2D eigenvalue weighted by Crippen LogP contribution is -2.32. The molecule has 1 unspecified atom stereocenters. The van der Waals surface area contributed by atoms with E-state index in [4.69, 9.17) is 0 Å². The zero-order valence-corrected chi connectivity index (χ0v) is 20.3. The molecule has 0 aliphatic carbocycles. The number of aromatic nitrogens is 4. The van der Waals surface area contributed by atoms with Crippen LogP contribution in [0.3, 0.4) is 0 Å². The molecule has 2 heterocycles. The van der Waals surface area contributed by atoms with Crippen LogP contribution in [0.25, 0.3) is 16.7 Å². The normalized spacial score (nSPS) is 12.4. The molecule has 1 amide bonds. The number of carbonyl (C=O) groups is 1. The zero-order chi connectivity index (χ0) is 23.5. The van der Waals surface area contributed by atoms with E-state index in [0.717, 1.165) is 18.6 Å². The fraction of sp³-hybridized carbons (Fsp3) is 0.360. The van der Waals surface area contributed by atoms with Gasteiger partial charge in [0, 0.05) is 23.9 Å². The third-order valence-corrected chi connectivity index (χ3v) is 6.87. The number of benzene rings is 2. The van der Waals surface area contributed by atoms with Crippen LogP contribution >= 0.6 is 11.8 Å². The highest BCUT2D eigenvalue weighted by atomic mass is 32.2. The molecule has 4 rings (SSSR count). The predicted molar refractivity (Wildman–Crippen MR) is 133 cm³/mol. The molecule has 7 nitrogen and oxygen atoms in total. The molecular formula is C25H29N5O2S. The first-order chi connectivity index (χ1) is 15.9. The number of nitrogens with one attached hydrogen (secondary N) is 1. The molecule has 0 bridgehead atoms. The summed E-state index contributed by atoms with van der Waals surface area (Å²) in [5, 5.41) is 13.0. The van der Waals surface area contributed by atoms with Gasteiger partial charge in [0.2, 0.25) is 5.78 Å². The first-order valence-corrected chi connectivity index (χ1v) is 12.3. The van der Waals surface area contributed by atoms with E-state index >= 15 is 0 Å². The van der Waals surface area contributed by atoms with Crippen LogP contribution in [0, 0.1) is 6.92 Å². The molecule has 33 heavy (non-hydrogen) atoms. The van der Waals surface area contributed by atoms with Crippen molar-refractivity contribution in [3.05, 3.63) is 69.5 Å². The summed E-state index contributed by atoms with van der Waals surface area (Å²) in [6.45, 7) is 8.67. The maximum atomic E-state index is 13.2. The molecule has 172 valence electrons. The fourth-order valence-electron chi connectivity index (χ4n) is 3.77. The van der Waals surface area contributed by atoms with Crippen molar-refractivity contribution in [3.8, 4) is 0 Å². The molecule has 8 heteroatoms. The van der Waals surface area contributed by atoms with Gasteiger partial charge in [0.05, 0.1) is 10.9 Å². The van der Waals surface area contributed by atoms with E-state index < -0.39 is 0 Å². The Morgan fingerprint density at radius 3 is 2.67 bits per heavy atom. The van der Waals surface area contributed by atoms with Crippen LogP contribution < -0.4 is 10.9 Å². The number of carbonyl (C=O) groups excluding carboxylic acids is 1. The van der Waals surface area contributed by atoms with Crippen LogP contribution in [0.5, 0.6) is 0 Å². The molecule has 0 aliphatic rings. The van der Waals surface area contributed by atoms with Gasteiger partial charge in [-0.1, -0.05) is 49.9 Å². The molecule has 0 saturated carbocycles. The molecule has 4 aromatic rings. The molecule has 1 N–H and O–H groups in total. The topological polar surface area (TPSA) is 81.3 Å². The number of rotatable bonds is 8. The van der Waals surface area contributed by atoms with Crippen molar-refractivity contribution < 1.29 is 4.79 Å². The highest BCUT2D eigenvalue weighted by molar-refractivity contribution is 7.98. The lowest BCUT2D eigenvalue weighted by molar-refractivity contribution is 0.0939. The molecule has 1 atom stereocenters. The quantitative estimate of drug-likeness (QED) is 0.387. The largest absolute Gasteiger partial charge is 0.350 e. The SMILES string of the molecule is CCCn1c(=O)c2ccc(C(=O)NC(C)CC)cc2n2c(SCc3ccccc3C)nnc12. The predicted octanol–water partition coefficient (Wildman–Crippen LogP) is 4.58. The molecular weight excluding hydrogens is 434 g/mol. The molecule has 0 radical (unpaired) electrons. The van der Waals surface area contributed by atoms with Gasteiger partial charge >= 0.3 is 0 Å². The van der Waals surface area contributed by atoms with Crippen LogP contribution in [0.1, 0.15) is 55.1 Å². The van der Waals surface area contributed by atoms with Gasteiger partial charge in [0.25, 0.3) is 11.5 Å². The van der Waals surface area contributed by atoms with Gasteiger partial charge in [-0.2, -0.15) is 0 Å². The van der Waals surface area contributed by atoms with Gasteiger partial charge in [-0.15, -0.1) is 10.2 Å². The average molecular weight is 464 g/mol. The smallest absolute Gasteiger partial charge is 0.262 e. The Hall–Kier alpha value is -3.13. The maximum absolute atomic E-state index is 13.2. The van der Waals surface area contributed by atoms with E-state index in [1.54, 1.807) is 34.5 Å². The minimum absolute atomic E-state index is 0.0703. The number of thioether (sulfide) groups is 1. The third-order valence-electron chi connectivity index (χ3n) is 5.89. The highest BCUT2D eigenvalue weighted by Gasteiger charge is 2.19. The van der Waals surface area contributed by atoms with Gasteiger partial charge in [-0.25, -0.2) is 0 Å². The van der Waals surface area contributed by atoms with Crippen LogP contribution in [-0.2, 0) is 12.3 Å². The number of hydrogen-bond acceptors (Lipinski definition) is 5. The lowest BCUT2D eigenvalue weighted by Gasteiger charge is -2.14. The minimum Gasteiger partial charge on any atom is -0.350 e. The highest BCUT2D eigenvalue weighted by Crippen LogP contribution is 2.26. The Morgan fingerprint density at radius 1 is 1.15 bits per heavy atom. The molecule has 0 saturated heterocycles. The second-order valence-corrected chi connectivity index (χ2v) is 9.25. The third kappa shape index (κ3) is 4.53. The van der Waals surface area contributed by atoms with Gasteiger partial charge in [-0.05, 0) is 56.0 Å². The van der Waals surface area contributed by atoms with Crippen molar-refractivity contribution in [2.45, 2.75) is 64.0 Å². The second kappa shape index (κ2) is 9.79. The van der Waals surface area contributed by atoms with Crippen LogP contribution in [0.15, 0.2) is 52.4 Å². The van der Waals surface area contributed by atoms with Gasteiger partial charge in [0.15, 0.2) is 5.16 Å². The lowest BCUT2D eigenvalue weighted by atomic mass is 10.1. The summed E-state index contributed by atoms with van der Waals surface area (Å²) in [7, 11) is 0. The number of aryl methyl sites for hydroxylation is 2. The van der Waals surface area contributed by atoms with E-state index in [9.17, 15) is 9.59 Å². The summed E-state index contributed by atoms with van der Waals surface area (Å²) >= 11 is 1.57. The van der Waals surface area contributed by atoms with Crippen molar-refractivity contribution in [2.75, 3.05) is 0 Å². The van der Waals surface area contributed by atoms with Gasteiger partial charge in [-0.3, -0.25) is 18.6 Å². The van der Waals surface area contributed by atoms with Crippen LogP contribution in [-0.4, -0.2) is 31.1 Å². The molecule has 2 aromatic heterocycles. The van der Waals surface area contributed by atoms with E-state index in [-0.39, 0.29) is 17.5 Å². The van der Waals surface area contributed by atoms with Crippen LogP contribution in [0.4, 0.5) is 0 Å². The van der Waals surface area contributed by atoms with E-state index in [1.807, 2.05) is 37.3 Å². The number of amides is 1. The van der Waals surface area contributed by atoms with Crippen molar-refractivity contribution in [1.29, 1.82) is 0 Å². The first kappa shape index (κ1) is 23.0. The molecule has 2 aromatic carbocycles. The van der Waals surface area contributed by atoms with E-state index in [0.29, 0.717) is 33.9 Å². The minimum atomic E-state index is -0.153. The summed E-state index contributed by atoms with van der Waals surface area (Å²) in [4.78, 5) is 26.0. The summed E-state index contributed by atoms with van der Waals surface area (Å²) in [5.41, 5.74) is 3.49. The Morgan fingerprint density at radius 2 is 1.94 bits per heavy atom. The van der Waals surface area contributed by atoms with E-state index in [1.165, 1.54) is 11.1 Å². The van der Waals surface area contributed by atoms with Gasteiger partial charge in [0.1, 0.15) is 0 Å². The summed E-state index contributed by atoms with van der Waals surface area (Å²) in [6.07, 6.45) is 1.64. The summed E-state index contributed by atoms with van der Waals surface area (Å²) in [6, 6.07) is 13.6. The standard InChI is InChI=1S/C25H29N5O2S/c1-5-13-29-23(32)20-12-11-18(22(31)26-17(4)6-2)14-21(20)30-24(29)27-28-25(30)33-15-19-10-8-7-9-16(19)3/h7-12,14,17H,5-6,13,15H2,1-4H3,(H,26,31). The van der Waals surface area contributed by atoms with Crippen molar-refractivity contribution in [2.24, 2.45) is 0 Å². The molecule has 0 fully saturated rings. The zero-order valence-electron chi connectivity index (χ0n) is 19.5.